The summed E-state index contributed by atoms with van der Waals surface area (Å²) < 4.78 is 13.3. The molecule has 2 heterocycles. The zero-order valence-corrected chi connectivity index (χ0v) is 15.9. The Bertz CT molecular complexity index is 731. The summed E-state index contributed by atoms with van der Waals surface area (Å²) in [6, 6.07) is 6.18. The molecule has 152 valence electrons. The molecule has 0 aromatic heterocycles. The highest BCUT2D eigenvalue weighted by Gasteiger charge is 2.39. The summed E-state index contributed by atoms with van der Waals surface area (Å²) >= 11 is 0. The first-order valence-corrected chi connectivity index (χ1v) is 9.61. The molecule has 0 aliphatic carbocycles. The van der Waals surface area contributed by atoms with Crippen molar-refractivity contribution in [3.8, 4) is 0 Å². The highest BCUT2D eigenvalue weighted by atomic mass is 19.1. The first kappa shape index (κ1) is 20.1. The van der Waals surface area contributed by atoms with Crippen LogP contribution in [-0.2, 0) is 9.59 Å². The summed E-state index contributed by atoms with van der Waals surface area (Å²) in [5, 5.41) is 11.4. The third kappa shape index (κ3) is 4.61. The van der Waals surface area contributed by atoms with Gasteiger partial charge in [0.1, 0.15) is 5.82 Å². The van der Waals surface area contributed by atoms with Gasteiger partial charge >= 0.3 is 6.09 Å². The number of hydrogen-bond donors (Lipinski definition) is 2. The second-order valence-electron chi connectivity index (χ2n) is 7.63. The second kappa shape index (κ2) is 8.58. The SMILES string of the molecule is CC(=O)N1CCC(C(=O)N2C[C@H](CNC(=O)O)[C@H](c3ccc(F)cc3)C2)CC1. The predicted octanol–water partition coefficient (Wildman–Crippen LogP) is 1.89. The second-order valence-corrected chi connectivity index (χ2v) is 7.63. The molecule has 8 heteroatoms. The number of carbonyl (C=O) groups excluding carboxylic acids is 2. The lowest BCUT2D eigenvalue weighted by Crippen LogP contribution is -2.43. The van der Waals surface area contributed by atoms with Crippen molar-refractivity contribution in [2.75, 3.05) is 32.7 Å². The first-order valence-electron chi connectivity index (χ1n) is 9.61. The molecule has 0 bridgehead atoms. The summed E-state index contributed by atoms with van der Waals surface area (Å²) in [7, 11) is 0. The van der Waals surface area contributed by atoms with Crippen LogP contribution in [0.1, 0.15) is 31.2 Å². The quantitative estimate of drug-likeness (QED) is 0.820. The topological polar surface area (TPSA) is 90.0 Å². The van der Waals surface area contributed by atoms with Crippen LogP contribution in [0.4, 0.5) is 9.18 Å². The third-order valence-electron chi connectivity index (χ3n) is 5.86. The van der Waals surface area contributed by atoms with Gasteiger partial charge in [0.2, 0.25) is 11.8 Å². The lowest BCUT2D eigenvalue weighted by atomic mass is 9.89. The number of halogens is 1. The van der Waals surface area contributed by atoms with Gasteiger partial charge in [-0.3, -0.25) is 9.59 Å². The molecular formula is C20H26FN3O4. The molecule has 3 amide bonds. The Balaban J connectivity index is 1.68. The summed E-state index contributed by atoms with van der Waals surface area (Å²) in [6.45, 7) is 3.91. The molecular weight excluding hydrogens is 365 g/mol. The average Bonchev–Trinajstić information content (AvgIpc) is 3.10. The maximum Gasteiger partial charge on any atom is 0.404 e. The van der Waals surface area contributed by atoms with Gasteiger partial charge < -0.3 is 20.2 Å². The Labute approximate surface area is 163 Å². The van der Waals surface area contributed by atoms with Gasteiger partial charge in [-0.2, -0.15) is 0 Å². The largest absolute Gasteiger partial charge is 0.465 e. The molecule has 2 aliphatic rings. The Morgan fingerprint density at radius 3 is 2.32 bits per heavy atom. The number of amides is 3. The van der Waals surface area contributed by atoms with Crippen LogP contribution in [0.15, 0.2) is 24.3 Å². The molecule has 0 radical (unpaired) electrons. The van der Waals surface area contributed by atoms with E-state index in [0.717, 1.165) is 5.56 Å². The van der Waals surface area contributed by atoms with E-state index in [1.807, 2.05) is 0 Å². The van der Waals surface area contributed by atoms with Crippen LogP contribution < -0.4 is 5.32 Å². The lowest BCUT2D eigenvalue weighted by Gasteiger charge is -2.32. The van der Waals surface area contributed by atoms with E-state index in [1.165, 1.54) is 19.1 Å². The Kier molecular flexibility index (Phi) is 6.16. The van der Waals surface area contributed by atoms with E-state index in [1.54, 1.807) is 21.9 Å². The smallest absolute Gasteiger partial charge is 0.404 e. The summed E-state index contributed by atoms with van der Waals surface area (Å²) in [5.41, 5.74) is 0.903. The number of nitrogens with zero attached hydrogens (tertiary/aromatic N) is 2. The van der Waals surface area contributed by atoms with E-state index in [4.69, 9.17) is 5.11 Å². The van der Waals surface area contributed by atoms with Crippen molar-refractivity contribution in [3.63, 3.8) is 0 Å². The molecule has 2 atom stereocenters. The molecule has 0 saturated carbocycles. The Hall–Kier alpha value is -2.64. The van der Waals surface area contributed by atoms with Crippen molar-refractivity contribution in [1.29, 1.82) is 0 Å². The van der Waals surface area contributed by atoms with Crippen LogP contribution in [-0.4, -0.2) is 65.5 Å². The number of piperidine rings is 1. The minimum absolute atomic E-state index is 0.0308. The highest BCUT2D eigenvalue weighted by molar-refractivity contribution is 5.80. The van der Waals surface area contributed by atoms with Crippen LogP contribution in [0.2, 0.25) is 0 Å². The standard InChI is InChI=1S/C20H26FN3O4/c1-13(25)23-8-6-15(7-9-23)19(26)24-11-16(10-22-20(27)28)18(12-24)14-2-4-17(21)5-3-14/h2-5,15-16,18,22H,6-12H2,1H3,(H,27,28)/t16-,18-/m0/s1. The highest BCUT2D eigenvalue weighted by Crippen LogP contribution is 2.34. The maximum atomic E-state index is 13.3. The van der Waals surface area contributed by atoms with Gasteiger partial charge in [0.05, 0.1) is 0 Å². The normalized spacial score (nSPS) is 22.9. The Morgan fingerprint density at radius 1 is 1.11 bits per heavy atom. The van der Waals surface area contributed by atoms with Crippen molar-refractivity contribution in [2.45, 2.75) is 25.7 Å². The Morgan fingerprint density at radius 2 is 1.75 bits per heavy atom. The minimum atomic E-state index is -1.10. The fraction of sp³-hybridized carbons (Fsp3) is 0.550. The van der Waals surface area contributed by atoms with Gasteiger partial charge in [-0.05, 0) is 30.5 Å². The van der Waals surface area contributed by atoms with Gasteiger partial charge in [0.15, 0.2) is 0 Å². The van der Waals surface area contributed by atoms with Gasteiger partial charge in [-0.1, -0.05) is 12.1 Å². The van der Waals surface area contributed by atoms with Gasteiger partial charge in [-0.25, -0.2) is 9.18 Å². The van der Waals surface area contributed by atoms with E-state index >= 15 is 0 Å². The van der Waals surface area contributed by atoms with E-state index in [-0.39, 0.29) is 41.9 Å². The number of rotatable bonds is 4. The average molecular weight is 391 g/mol. The first-order chi connectivity index (χ1) is 13.3. The fourth-order valence-electron chi connectivity index (χ4n) is 4.26. The molecule has 0 spiro atoms. The van der Waals surface area contributed by atoms with Gasteiger partial charge in [0, 0.05) is 57.4 Å². The predicted molar refractivity (Wildman–Crippen MR) is 100 cm³/mol. The number of benzene rings is 1. The van der Waals surface area contributed by atoms with Crippen LogP contribution in [0.3, 0.4) is 0 Å². The lowest BCUT2D eigenvalue weighted by molar-refractivity contribution is -0.139. The van der Waals surface area contributed by atoms with E-state index < -0.39 is 6.09 Å². The van der Waals surface area contributed by atoms with Crippen molar-refractivity contribution < 1.29 is 23.9 Å². The minimum Gasteiger partial charge on any atom is -0.465 e. The van der Waals surface area contributed by atoms with Crippen LogP contribution in [0, 0.1) is 17.7 Å². The molecule has 1 aromatic rings. The van der Waals surface area contributed by atoms with E-state index in [0.29, 0.717) is 39.0 Å². The number of nitrogens with one attached hydrogen (secondary N) is 1. The van der Waals surface area contributed by atoms with Crippen LogP contribution >= 0.6 is 0 Å². The zero-order valence-electron chi connectivity index (χ0n) is 15.9. The molecule has 7 nitrogen and oxygen atoms in total. The molecule has 3 rings (SSSR count). The van der Waals surface area contributed by atoms with Gasteiger partial charge in [0.25, 0.3) is 0 Å². The molecule has 0 unspecified atom stereocenters. The summed E-state index contributed by atoms with van der Waals surface area (Å²) in [5.74, 6) is -0.462. The van der Waals surface area contributed by atoms with Crippen molar-refractivity contribution in [3.05, 3.63) is 35.6 Å². The van der Waals surface area contributed by atoms with E-state index in [9.17, 15) is 18.8 Å². The zero-order chi connectivity index (χ0) is 20.3. The molecule has 2 saturated heterocycles. The molecule has 28 heavy (non-hydrogen) atoms. The number of carbonyl (C=O) groups is 3. The summed E-state index contributed by atoms with van der Waals surface area (Å²) in [4.78, 5) is 39.0. The summed E-state index contributed by atoms with van der Waals surface area (Å²) in [6.07, 6.45) is 0.196. The number of carboxylic acid groups (broad SMARTS) is 1. The third-order valence-corrected chi connectivity index (χ3v) is 5.86. The molecule has 2 N–H and O–H groups in total. The number of hydrogen-bond acceptors (Lipinski definition) is 3. The molecule has 1 aromatic carbocycles. The molecule has 2 fully saturated rings. The van der Waals surface area contributed by atoms with Crippen LogP contribution in [0.25, 0.3) is 0 Å². The van der Waals surface area contributed by atoms with E-state index in [2.05, 4.69) is 5.32 Å². The van der Waals surface area contributed by atoms with Crippen LogP contribution in [0.5, 0.6) is 0 Å². The monoisotopic (exact) mass is 391 g/mol. The van der Waals surface area contributed by atoms with Crippen molar-refractivity contribution in [2.24, 2.45) is 11.8 Å². The van der Waals surface area contributed by atoms with Crippen molar-refractivity contribution in [1.82, 2.24) is 15.1 Å². The maximum absolute atomic E-state index is 13.3. The van der Waals surface area contributed by atoms with Crippen molar-refractivity contribution >= 4 is 17.9 Å². The number of likely N-dealkylation sites (tertiary alicyclic amines) is 2. The molecule has 2 aliphatic heterocycles. The van der Waals surface area contributed by atoms with Gasteiger partial charge in [-0.15, -0.1) is 0 Å². The fourth-order valence-corrected chi connectivity index (χ4v) is 4.26.